The fraction of sp³-hybridized carbons (Fsp3) is 0.231. The molecule has 1 N–H and O–H groups in total. The molecule has 1 aliphatic carbocycles. The van der Waals surface area contributed by atoms with E-state index in [2.05, 4.69) is 51.2 Å². The first-order valence-corrected chi connectivity index (χ1v) is 11.2. The quantitative estimate of drug-likeness (QED) is 0.467. The summed E-state index contributed by atoms with van der Waals surface area (Å²) in [7, 11) is 0. The number of fused-ring (bicyclic) bond motifs is 3. The first-order chi connectivity index (χ1) is 16.2. The molecule has 3 aromatic carbocycles. The third-order valence-corrected chi connectivity index (χ3v) is 6.62. The lowest BCUT2D eigenvalue weighted by molar-refractivity contribution is -0.146. The number of tetrazole rings is 1. The molecular weight excluding hydrogens is 414 g/mol. The number of hydrogen-bond donors (Lipinski definition) is 1. The van der Waals surface area contributed by atoms with Crippen molar-refractivity contribution in [3.05, 3.63) is 94.7 Å². The van der Waals surface area contributed by atoms with Crippen LogP contribution in [-0.2, 0) is 16.0 Å². The van der Waals surface area contributed by atoms with Crippen LogP contribution in [0.1, 0.15) is 48.6 Å². The topological polar surface area (TPSA) is 81.9 Å². The molecule has 0 spiro atoms. The van der Waals surface area contributed by atoms with Crippen LogP contribution < -0.4 is 5.32 Å². The summed E-state index contributed by atoms with van der Waals surface area (Å²) in [5, 5.41) is 17.5. The molecule has 0 saturated carbocycles. The number of esters is 1. The summed E-state index contributed by atoms with van der Waals surface area (Å²) in [6.07, 6.45) is 2.57. The molecule has 33 heavy (non-hydrogen) atoms. The standard InChI is InChI=1S/C26H23N5O2/c1-16-23(25(32)33-22-15-7-11-18-9-3-5-13-20(18)22)24(31-26(27-16)28-29-30-31)21-14-6-10-17-8-2-4-12-19(17)21/h2-6,8-10,12-14,22,24H,7,11,15H2,1H3,(H,27,28,30). The Labute approximate surface area is 191 Å². The summed E-state index contributed by atoms with van der Waals surface area (Å²) >= 11 is 0. The van der Waals surface area contributed by atoms with E-state index in [0.717, 1.165) is 41.2 Å². The lowest BCUT2D eigenvalue weighted by Crippen LogP contribution is -2.30. The monoisotopic (exact) mass is 437 g/mol. The van der Waals surface area contributed by atoms with E-state index in [9.17, 15) is 4.79 Å². The maximum absolute atomic E-state index is 13.7. The van der Waals surface area contributed by atoms with Crippen molar-refractivity contribution < 1.29 is 9.53 Å². The minimum absolute atomic E-state index is 0.258. The molecule has 0 saturated heterocycles. The van der Waals surface area contributed by atoms with Crippen molar-refractivity contribution in [2.75, 3.05) is 5.32 Å². The molecule has 2 atom stereocenters. The predicted molar refractivity (Wildman–Crippen MR) is 124 cm³/mol. The van der Waals surface area contributed by atoms with Crippen molar-refractivity contribution >= 4 is 22.7 Å². The van der Waals surface area contributed by atoms with Crippen LogP contribution in [0, 0.1) is 0 Å². The van der Waals surface area contributed by atoms with Crippen molar-refractivity contribution in [1.29, 1.82) is 0 Å². The van der Waals surface area contributed by atoms with E-state index < -0.39 is 6.04 Å². The predicted octanol–water partition coefficient (Wildman–Crippen LogP) is 4.74. The summed E-state index contributed by atoms with van der Waals surface area (Å²) in [6.45, 7) is 1.88. The van der Waals surface area contributed by atoms with E-state index in [0.29, 0.717) is 17.2 Å². The number of ether oxygens (including phenoxy) is 1. The van der Waals surface area contributed by atoms with Crippen molar-refractivity contribution in [2.45, 2.75) is 38.3 Å². The van der Waals surface area contributed by atoms with E-state index >= 15 is 0 Å². The van der Waals surface area contributed by atoms with Gasteiger partial charge in [0.05, 0.1) is 5.57 Å². The number of aromatic nitrogens is 4. The fourth-order valence-corrected chi connectivity index (χ4v) is 5.08. The highest BCUT2D eigenvalue weighted by atomic mass is 16.5. The Balaban J connectivity index is 1.44. The third kappa shape index (κ3) is 3.28. The second-order valence-corrected chi connectivity index (χ2v) is 8.57. The minimum Gasteiger partial charge on any atom is -0.454 e. The van der Waals surface area contributed by atoms with Crippen LogP contribution in [0.3, 0.4) is 0 Å². The fourth-order valence-electron chi connectivity index (χ4n) is 5.08. The minimum atomic E-state index is -0.492. The SMILES string of the molecule is CC1=C(C(=O)OC2CCCc3ccccc32)C(c2cccc3ccccc23)n2nnnc2N1. The van der Waals surface area contributed by atoms with Gasteiger partial charge in [0.2, 0.25) is 5.95 Å². The van der Waals surface area contributed by atoms with E-state index in [-0.39, 0.29) is 12.1 Å². The average Bonchev–Trinajstić information content (AvgIpc) is 3.31. The van der Waals surface area contributed by atoms with E-state index in [1.165, 1.54) is 5.56 Å². The summed E-state index contributed by atoms with van der Waals surface area (Å²) in [4.78, 5) is 13.7. The maximum atomic E-state index is 13.7. The summed E-state index contributed by atoms with van der Waals surface area (Å²) in [6, 6.07) is 22.0. The molecule has 1 aliphatic heterocycles. The summed E-state index contributed by atoms with van der Waals surface area (Å²) in [5.41, 5.74) is 4.53. The molecule has 2 aliphatic rings. The normalized spacial score (nSPS) is 19.5. The van der Waals surface area contributed by atoms with Crippen molar-refractivity contribution in [3.8, 4) is 0 Å². The number of nitrogens with one attached hydrogen (secondary N) is 1. The van der Waals surface area contributed by atoms with E-state index in [1.54, 1.807) is 4.68 Å². The Kier molecular flexibility index (Phi) is 4.68. The van der Waals surface area contributed by atoms with Crippen LogP contribution in [-0.4, -0.2) is 26.2 Å². The number of hydrogen-bond acceptors (Lipinski definition) is 6. The highest BCUT2D eigenvalue weighted by Gasteiger charge is 2.37. The van der Waals surface area contributed by atoms with Crippen LogP contribution >= 0.6 is 0 Å². The summed E-state index contributed by atoms with van der Waals surface area (Å²) in [5.74, 6) is 0.158. The zero-order chi connectivity index (χ0) is 22.4. The van der Waals surface area contributed by atoms with Gasteiger partial charge in [0, 0.05) is 5.70 Å². The molecule has 164 valence electrons. The Morgan fingerprint density at radius 2 is 1.82 bits per heavy atom. The van der Waals surface area contributed by atoms with Crippen LogP contribution in [0.5, 0.6) is 0 Å². The first-order valence-electron chi connectivity index (χ1n) is 11.2. The maximum Gasteiger partial charge on any atom is 0.338 e. The number of allylic oxidation sites excluding steroid dienone is 1. The Bertz CT molecular complexity index is 1400. The van der Waals surface area contributed by atoms with Gasteiger partial charge in [-0.2, -0.15) is 4.68 Å². The van der Waals surface area contributed by atoms with Gasteiger partial charge in [-0.25, -0.2) is 4.79 Å². The molecule has 6 rings (SSSR count). The summed E-state index contributed by atoms with van der Waals surface area (Å²) < 4.78 is 7.83. The molecule has 0 amide bonds. The number of nitrogens with zero attached hydrogens (tertiary/aromatic N) is 4. The van der Waals surface area contributed by atoms with Gasteiger partial charge in [-0.3, -0.25) is 0 Å². The molecule has 4 aromatic rings. The zero-order valence-corrected chi connectivity index (χ0v) is 18.2. The molecule has 0 radical (unpaired) electrons. The first kappa shape index (κ1) is 19.7. The highest BCUT2D eigenvalue weighted by molar-refractivity contribution is 5.95. The highest BCUT2D eigenvalue weighted by Crippen LogP contribution is 2.40. The van der Waals surface area contributed by atoms with Crippen LogP contribution in [0.25, 0.3) is 10.8 Å². The number of anilines is 1. The lowest BCUT2D eigenvalue weighted by Gasteiger charge is -2.30. The van der Waals surface area contributed by atoms with Gasteiger partial charge < -0.3 is 10.1 Å². The third-order valence-electron chi connectivity index (χ3n) is 6.62. The van der Waals surface area contributed by atoms with Gasteiger partial charge in [-0.1, -0.05) is 71.8 Å². The van der Waals surface area contributed by atoms with Gasteiger partial charge in [0.15, 0.2) is 0 Å². The van der Waals surface area contributed by atoms with E-state index in [4.69, 9.17) is 4.74 Å². The number of aryl methyl sites for hydroxylation is 1. The largest absolute Gasteiger partial charge is 0.454 e. The lowest BCUT2D eigenvalue weighted by atomic mass is 9.89. The Morgan fingerprint density at radius 3 is 2.76 bits per heavy atom. The van der Waals surface area contributed by atoms with Crippen LogP contribution in [0.2, 0.25) is 0 Å². The number of carbonyl (C=O) groups excluding carboxylic acids is 1. The molecule has 2 unspecified atom stereocenters. The number of benzene rings is 3. The van der Waals surface area contributed by atoms with Gasteiger partial charge in [0.25, 0.3) is 0 Å². The van der Waals surface area contributed by atoms with Gasteiger partial charge in [-0.15, -0.1) is 0 Å². The molecule has 0 fully saturated rings. The zero-order valence-electron chi connectivity index (χ0n) is 18.2. The Morgan fingerprint density at radius 1 is 1.03 bits per heavy atom. The number of carbonyl (C=O) groups is 1. The van der Waals surface area contributed by atoms with Crippen LogP contribution in [0.4, 0.5) is 5.95 Å². The molecule has 0 bridgehead atoms. The second kappa shape index (κ2) is 7.85. The number of rotatable bonds is 3. The van der Waals surface area contributed by atoms with Gasteiger partial charge in [0.1, 0.15) is 12.1 Å². The van der Waals surface area contributed by atoms with Crippen molar-refractivity contribution in [1.82, 2.24) is 20.2 Å². The second-order valence-electron chi connectivity index (χ2n) is 8.57. The molecule has 7 nitrogen and oxygen atoms in total. The van der Waals surface area contributed by atoms with Crippen molar-refractivity contribution in [3.63, 3.8) is 0 Å². The molecule has 7 heteroatoms. The van der Waals surface area contributed by atoms with Gasteiger partial charge in [-0.05, 0) is 64.1 Å². The Hall–Kier alpha value is -4.00. The molecular formula is C26H23N5O2. The van der Waals surface area contributed by atoms with Crippen molar-refractivity contribution in [2.24, 2.45) is 0 Å². The van der Waals surface area contributed by atoms with Crippen LogP contribution in [0.15, 0.2) is 78.0 Å². The molecule has 1 aromatic heterocycles. The van der Waals surface area contributed by atoms with E-state index in [1.807, 2.05) is 43.3 Å². The molecule has 2 heterocycles. The average molecular weight is 438 g/mol. The van der Waals surface area contributed by atoms with Gasteiger partial charge >= 0.3 is 5.97 Å². The smallest absolute Gasteiger partial charge is 0.338 e.